The van der Waals surface area contributed by atoms with Gasteiger partial charge < -0.3 is 5.11 Å². The fourth-order valence-corrected chi connectivity index (χ4v) is 1.61. The Bertz CT molecular complexity index is 630. The second kappa shape index (κ2) is 6.42. The van der Waals surface area contributed by atoms with E-state index in [1.807, 2.05) is 6.92 Å². The molecule has 1 aromatic carbocycles. The van der Waals surface area contributed by atoms with Gasteiger partial charge in [-0.3, -0.25) is 15.0 Å². The molecule has 0 aliphatic carbocycles. The third-order valence-electron chi connectivity index (χ3n) is 2.59. The van der Waals surface area contributed by atoms with E-state index < -0.39 is 18.5 Å². The molecule has 0 fully saturated rings. The molecule has 2 N–H and O–H groups in total. The molecule has 2 aromatic rings. The van der Waals surface area contributed by atoms with Gasteiger partial charge in [-0.15, -0.1) is 5.10 Å². The Hall–Kier alpha value is -3.03. The summed E-state index contributed by atoms with van der Waals surface area (Å²) >= 11 is 0. The van der Waals surface area contributed by atoms with Crippen molar-refractivity contribution in [2.24, 2.45) is 0 Å². The van der Waals surface area contributed by atoms with Gasteiger partial charge in [-0.1, -0.05) is 17.7 Å². The van der Waals surface area contributed by atoms with E-state index in [1.165, 1.54) is 12.4 Å². The summed E-state index contributed by atoms with van der Waals surface area (Å²) in [5, 5.41) is 18.6. The molecule has 0 aliphatic rings. The quantitative estimate of drug-likeness (QED) is 0.877. The number of rotatable bonds is 4. The van der Waals surface area contributed by atoms with Crippen molar-refractivity contribution in [3.05, 3.63) is 42.2 Å². The molecule has 0 unspecified atom stereocenters. The Balaban J connectivity index is 2.21. The Morgan fingerprint density at radius 2 is 1.95 bits per heavy atom. The number of aryl methyl sites for hydroxylation is 1. The van der Waals surface area contributed by atoms with Crippen LogP contribution in [-0.2, 0) is 4.79 Å². The van der Waals surface area contributed by atoms with Crippen molar-refractivity contribution in [1.29, 1.82) is 0 Å². The van der Waals surface area contributed by atoms with E-state index in [4.69, 9.17) is 5.11 Å². The largest absolute Gasteiger partial charge is 0.480 e. The average molecular weight is 287 g/mol. The zero-order valence-corrected chi connectivity index (χ0v) is 11.2. The maximum Gasteiger partial charge on any atom is 0.329 e. The Labute approximate surface area is 120 Å². The molecule has 21 heavy (non-hydrogen) atoms. The maximum absolute atomic E-state index is 12.2. The second-order valence-electron chi connectivity index (χ2n) is 4.21. The Morgan fingerprint density at radius 1 is 1.24 bits per heavy atom. The fraction of sp³-hybridized carbons (Fsp3) is 0.154. The molecule has 0 bridgehead atoms. The molecule has 0 aliphatic heterocycles. The maximum atomic E-state index is 12.2. The number of carboxylic acids is 1. The molecular weight excluding hydrogens is 274 g/mol. The lowest BCUT2D eigenvalue weighted by Gasteiger charge is -2.20. The number of nitrogens with one attached hydrogen (secondary N) is 1. The topological polar surface area (TPSA) is 108 Å². The highest BCUT2D eigenvalue weighted by molar-refractivity contribution is 6.03. The van der Waals surface area contributed by atoms with Gasteiger partial charge >= 0.3 is 12.0 Å². The first kappa shape index (κ1) is 14.4. The van der Waals surface area contributed by atoms with E-state index in [9.17, 15) is 9.59 Å². The van der Waals surface area contributed by atoms with Crippen LogP contribution < -0.4 is 10.2 Å². The van der Waals surface area contributed by atoms with E-state index >= 15 is 0 Å². The number of carbonyl (C=O) groups excluding carboxylic acids is 1. The number of nitrogens with zero attached hydrogens (tertiary/aromatic N) is 4. The van der Waals surface area contributed by atoms with E-state index in [1.54, 1.807) is 24.3 Å². The number of carboxylic acid groups (broad SMARTS) is 1. The number of hydrogen-bond acceptors (Lipinski definition) is 5. The molecule has 0 atom stereocenters. The summed E-state index contributed by atoms with van der Waals surface area (Å²) in [5.74, 6) is -1.12. The van der Waals surface area contributed by atoms with Gasteiger partial charge in [0.2, 0.25) is 0 Å². The molecule has 1 heterocycles. The van der Waals surface area contributed by atoms with Gasteiger partial charge in [-0.25, -0.2) is 9.78 Å². The van der Waals surface area contributed by atoms with Gasteiger partial charge in [0, 0.05) is 5.69 Å². The predicted molar refractivity (Wildman–Crippen MR) is 75.0 cm³/mol. The SMILES string of the molecule is Cc1ccc(N(CC(=O)O)C(=O)Nc2nccnn2)cc1. The fourth-order valence-electron chi connectivity index (χ4n) is 1.61. The molecule has 1 aromatic heterocycles. The van der Waals surface area contributed by atoms with Gasteiger partial charge in [-0.05, 0) is 19.1 Å². The minimum absolute atomic E-state index is 0.00463. The smallest absolute Gasteiger partial charge is 0.329 e. The lowest BCUT2D eigenvalue weighted by atomic mass is 10.2. The lowest BCUT2D eigenvalue weighted by molar-refractivity contribution is -0.135. The van der Waals surface area contributed by atoms with Crippen molar-refractivity contribution in [1.82, 2.24) is 15.2 Å². The summed E-state index contributed by atoms with van der Waals surface area (Å²) in [6.45, 7) is 1.42. The van der Waals surface area contributed by atoms with Gasteiger partial charge in [-0.2, -0.15) is 5.10 Å². The lowest BCUT2D eigenvalue weighted by Crippen LogP contribution is -2.39. The van der Waals surface area contributed by atoms with Gasteiger partial charge in [0.25, 0.3) is 5.95 Å². The molecule has 0 saturated heterocycles. The van der Waals surface area contributed by atoms with Crippen molar-refractivity contribution < 1.29 is 14.7 Å². The second-order valence-corrected chi connectivity index (χ2v) is 4.21. The van der Waals surface area contributed by atoms with Crippen LogP contribution in [0.25, 0.3) is 0 Å². The van der Waals surface area contributed by atoms with Crippen LogP contribution >= 0.6 is 0 Å². The van der Waals surface area contributed by atoms with Crippen LogP contribution in [0.3, 0.4) is 0 Å². The Morgan fingerprint density at radius 3 is 2.52 bits per heavy atom. The van der Waals surface area contributed by atoms with E-state index in [0.717, 1.165) is 10.5 Å². The first-order valence-corrected chi connectivity index (χ1v) is 6.07. The number of benzene rings is 1. The summed E-state index contributed by atoms with van der Waals surface area (Å²) in [6, 6.07) is 6.27. The summed E-state index contributed by atoms with van der Waals surface area (Å²) in [6.07, 6.45) is 2.74. The average Bonchev–Trinajstić information content (AvgIpc) is 2.46. The highest BCUT2D eigenvalue weighted by Gasteiger charge is 2.19. The number of aromatic nitrogens is 3. The number of urea groups is 1. The third kappa shape index (κ3) is 3.96. The summed E-state index contributed by atoms with van der Waals surface area (Å²) in [5.41, 5.74) is 1.47. The van der Waals surface area contributed by atoms with E-state index in [0.29, 0.717) is 5.69 Å². The third-order valence-corrected chi connectivity index (χ3v) is 2.59. The van der Waals surface area contributed by atoms with Crippen molar-refractivity contribution >= 4 is 23.6 Å². The van der Waals surface area contributed by atoms with Crippen molar-refractivity contribution in [3.8, 4) is 0 Å². The number of anilines is 2. The van der Waals surface area contributed by atoms with Crippen LogP contribution in [-0.4, -0.2) is 38.8 Å². The van der Waals surface area contributed by atoms with E-state index in [-0.39, 0.29) is 5.95 Å². The zero-order valence-electron chi connectivity index (χ0n) is 11.2. The minimum atomic E-state index is -1.13. The molecule has 108 valence electrons. The predicted octanol–water partition coefficient (Wildman–Crippen LogP) is 1.30. The van der Waals surface area contributed by atoms with Crippen molar-refractivity contribution in [2.45, 2.75) is 6.92 Å². The van der Waals surface area contributed by atoms with Gasteiger partial charge in [0.05, 0.1) is 12.4 Å². The molecule has 2 rings (SSSR count). The first-order chi connectivity index (χ1) is 10.1. The monoisotopic (exact) mass is 287 g/mol. The summed E-state index contributed by atoms with van der Waals surface area (Å²) in [4.78, 5) is 28.0. The summed E-state index contributed by atoms with van der Waals surface area (Å²) < 4.78 is 0. The standard InChI is InChI=1S/C13H13N5O3/c1-9-2-4-10(5-3-9)18(8-11(19)20)13(21)16-12-14-6-7-15-17-12/h2-7H,8H2,1H3,(H,19,20)(H,14,16,17,21). The number of amides is 2. The van der Waals surface area contributed by atoms with Crippen LogP contribution in [0.15, 0.2) is 36.7 Å². The van der Waals surface area contributed by atoms with Crippen LogP contribution in [0, 0.1) is 6.92 Å². The Kier molecular flexibility index (Phi) is 4.39. The van der Waals surface area contributed by atoms with Crippen LogP contribution in [0.4, 0.5) is 16.4 Å². The summed E-state index contributed by atoms with van der Waals surface area (Å²) in [7, 11) is 0. The zero-order chi connectivity index (χ0) is 15.2. The van der Waals surface area contributed by atoms with E-state index in [2.05, 4.69) is 20.5 Å². The first-order valence-electron chi connectivity index (χ1n) is 6.07. The molecule has 0 spiro atoms. The molecule has 8 nitrogen and oxygen atoms in total. The molecule has 0 radical (unpaired) electrons. The van der Waals surface area contributed by atoms with Crippen molar-refractivity contribution in [2.75, 3.05) is 16.8 Å². The normalized spacial score (nSPS) is 9.95. The van der Waals surface area contributed by atoms with Crippen LogP contribution in [0.5, 0.6) is 0 Å². The number of aliphatic carboxylic acids is 1. The highest BCUT2D eigenvalue weighted by atomic mass is 16.4. The van der Waals surface area contributed by atoms with Crippen LogP contribution in [0.1, 0.15) is 5.56 Å². The highest BCUT2D eigenvalue weighted by Crippen LogP contribution is 2.16. The van der Waals surface area contributed by atoms with Gasteiger partial charge in [0.15, 0.2) is 0 Å². The molecular formula is C13H13N5O3. The molecule has 8 heteroatoms. The van der Waals surface area contributed by atoms with Crippen molar-refractivity contribution in [3.63, 3.8) is 0 Å². The van der Waals surface area contributed by atoms with Gasteiger partial charge in [0.1, 0.15) is 6.54 Å². The minimum Gasteiger partial charge on any atom is -0.480 e. The molecule has 2 amide bonds. The number of carbonyl (C=O) groups is 2. The number of hydrogen-bond donors (Lipinski definition) is 2. The van der Waals surface area contributed by atoms with Crippen LogP contribution in [0.2, 0.25) is 0 Å². The molecule has 0 saturated carbocycles.